The van der Waals surface area contributed by atoms with Crippen LogP contribution in [-0.2, 0) is 16.0 Å². The molecule has 3 amide bonds. The maximum absolute atomic E-state index is 12.9. The van der Waals surface area contributed by atoms with Crippen molar-refractivity contribution in [1.82, 2.24) is 4.90 Å². The first-order valence-electron chi connectivity index (χ1n) is 11.2. The van der Waals surface area contributed by atoms with E-state index in [-0.39, 0.29) is 29.6 Å². The van der Waals surface area contributed by atoms with Crippen molar-refractivity contribution in [2.45, 2.75) is 32.1 Å². The van der Waals surface area contributed by atoms with Gasteiger partial charge in [0.15, 0.2) is 0 Å². The lowest BCUT2D eigenvalue weighted by molar-refractivity contribution is -0.135. The molecule has 6 nitrogen and oxygen atoms in total. The van der Waals surface area contributed by atoms with Crippen molar-refractivity contribution in [2.75, 3.05) is 29.9 Å². The summed E-state index contributed by atoms with van der Waals surface area (Å²) in [5.74, 6) is 0.396. The van der Waals surface area contributed by atoms with Crippen molar-refractivity contribution in [3.05, 3.63) is 59.7 Å². The SMILES string of the molecule is O=C(Nc1ccc(C(=O)N2CCc3ccccc32)cc1)C1CCN(C(=O)C2CC2)CC1. The Morgan fingerprint density at radius 1 is 0.806 bits per heavy atom. The highest BCUT2D eigenvalue weighted by Crippen LogP contribution is 2.33. The summed E-state index contributed by atoms with van der Waals surface area (Å²) in [5.41, 5.74) is 3.49. The van der Waals surface area contributed by atoms with Gasteiger partial charge in [-0.3, -0.25) is 14.4 Å². The molecule has 2 aliphatic heterocycles. The summed E-state index contributed by atoms with van der Waals surface area (Å²) >= 11 is 0. The molecule has 2 aromatic carbocycles. The first-order valence-corrected chi connectivity index (χ1v) is 11.2. The molecule has 1 N–H and O–H groups in total. The van der Waals surface area contributed by atoms with E-state index in [4.69, 9.17) is 0 Å². The maximum atomic E-state index is 12.9. The minimum atomic E-state index is -0.0781. The molecule has 2 aromatic rings. The highest BCUT2D eigenvalue weighted by Gasteiger charge is 2.36. The lowest BCUT2D eigenvalue weighted by atomic mass is 9.95. The van der Waals surface area contributed by atoms with Gasteiger partial charge >= 0.3 is 0 Å². The fourth-order valence-electron chi connectivity index (χ4n) is 4.60. The summed E-state index contributed by atoms with van der Waals surface area (Å²) in [5, 5.41) is 2.97. The lowest BCUT2D eigenvalue weighted by Gasteiger charge is -2.31. The van der Waals surface area contributed by atoms with Gasteiger partial charge in [0.1, 0.15) is 0 Å². The molecule has 0 atom stereocenters. The van der Waals surface area contributed by atoms with E-state index in [1.807, 2.05) is 28.0 Å². The van der Waals surface area contributed by atoms with E-state index in [0.717, 1.165) is 24.9 Å². The Labute approximate surface area is 182 Å². The number of anilines is 2. The summed E-state index contributed by atoms with van der Waals surface area (Å²) in [7, 11) is 0. The van der Waals surface area contributed by atoms with Crippen molar-refractivity contribution < 1.29 is 14.4 Å². The molecule has 5 rings (SSSR count). The molecular formula is C25H27N3O3. The van der Waals surface area contributed by atoms with Crippen LogP contribution in [0.2, 0.25) is 0 Å². The Hall–Kier alpha value is -3.15. The second-order valence-corrected chi connectivity index (χ2v) is 8.78. The number of carbonyl (C=O) groups excluding carboxylic acids is 3. The number of carbonyl (C=O) groups is 3. The van der Waals surface area contributed by atoms with Crippen LogP contribution in [0.15, 0.2) is 48.5 Å². The summed E-state index contributed by atoms with van der Waals surface area (Å²) < 4.78 is 0. The standard InChI is InChI=1S/C25H27N3O3/c29-23(18-11-14-27(15-12-18)24(30)19-5-6-19)26-21-9-7-20(8-10-21)25(31)28-16-13-17-3-1-2-4-22(17)28/h1-4,7-10,18-19H,5-6,11-16H2,(H,26,29). The predicted octanol–water partition coefficient (Wildman–Crippen LogP) is 3.48. The number of nitrogens with zero attached hydrogens (tertiary/aromatic N) is 2. The number of rotatable bonds is 4. The maximum Gasteiger partial charge on any atom is 0.258 e. The number of piperidine rings is 1. The molecule has 1 aliphatic carbocycles. The Morgan fingerprint density at radius 2 is 1.52 bits per heavy atom. The monoisotopic (exact) mass is 417 g/mol. The van der Waals surface area contributed by atoms with Gasteiger partial charge in [0.05, 0.1) is 0 Å². The number of hydrogen-bond donors (Lipinski definition) is 1. The van der Waals surface area contributed by atoms with E-state index in [2.05, 4.69) is 11.4 Å². The average molecular weight is 418 g/mol. The van der Waals surface area contributed by atoms with Crippen LogP contribution < -0.4 is 10.2 Å². The molecule has 0 unspecified atom stereocenters. The highest BCUT2D eigenvalue weighted by molar-refractivity contribution is 6.07. The van der Waals surface area contributed by atoms with Crippen LogP contribution in [-0.4, -0.2) is 42.3 Å². The van der Waals surface area contributed by atoms with Crippen LogP contribution >= 0.6 is 0 Å². The first kappa shape index (κ1) is 19.8. The summed E-state index contributed by atoms with van der Waals surface area (Å²) in [6.45, 7) is 2.02. The van der Waals surface area contributed by atoms with Crippen LogP contribution in [0, 0.1) is 11.8 Å². The number of likely N-dealkylation sites (tertiary alicyclic amines) is 1. The van der Waals surface area contributed by atoms with Gasteiger partial charge in [0, 0.05) is 48.4 Å². The van der Waals surface area contributed by atoms with Crippen LogP contribution in [0.3, 0.4) is 0 Å². The zero-order valence-electron chi connectivity index (χ0n) is 17.5. The van der Waals surface area contributed by atoms with Crippen molar-refractivity contribution in [3.63, 3.8) is 0 Å². The molecule has 6 heteroatoms. The van der Waals surface area contributed by atoms with Crippen molar-refractivity contribution in [1.29, 1.82) is 0 Å². The van der Waals surface area contributed by atoms with Gasteiger partial charge < -0.3 is 15.1 Å². The average Bonchev–Trinajstić information content (AvgIpc) is 3.57. The minimum absolute atomic E-state index is 0.00827. The molecule has 2 fully saturated rings. The van der Waals surface area contributed by atoms with Gasteiger partial charge in [0.25, 0.3) is 5.91 Å². The molecular weight excluding hydrogens is 390 g/mol. The van der Waals surface area contributed by atoms with Gasteiger partial charge in [-0.2, -0.15) is 0 Å². The number of nitrogens with one attached hydrogen (secondary N) is 1. The molecule has 0 bridgehead atoms. The van der Waals surface area contributed by atoms with Gasteiger partial charge in [-0.05, 0) is 68.0 Å². The Morgan fingerprint density at radius 3 is 2.23 bits per heavy atom. The third-order valence-corrected chi connectivity index (χ3v) is 6.64. The van der Waals surface area contributed by atoms with Gasteiger partial charge in [-0.25, -0.2) is 0 Å². The predicted molar refractivity (Wildman–Crippen MR) is 119 cm³/mol. The van der Waals surface area contributed by atoms with Gasteiger partial charge in [-0.1, -0.05) is 18.2 Å². The second kappa shape index (κ2) is 8.17. The van der Waals surface area contributed by atoms with E-state index in [0.29, 0.717) is 43.7 Å². The van der Waals surface area contributed by atoms with Crippen LogP contribution in [0.5, 0.6) is 0 Å². The van der Waals surface area contributed by atoms with Crippen molar-refractivity contribution in [2.24, 2.45) is 11.8 Å². The number of fused-ring (bicyclic) bond motifs is 1. The first-order chi connectivity index (χ1) is 15.1. The van der Waals surface area contributed by atoms with E-state index in [9.17, 15) is 14.4 Å². The van der Waals surface area contributed by atoms with E-state index in [1.54, 1.807) is 24.3 Å². The van der Waals surface area contributed by atoms with Gasteiger partial charge in [0.2, 0.25) is 11.8 Å². The van der Waals surface area contributed by atoms with Crippen LogP contribution in [0.25, 0.3) is 0 Å². The Kier molecular flexibility index (Phi) is 5.22. The van der Waals surface area contributed by atoms with Crippen LogP contribution in [0.1, 0.15) is 41.6 Å². The molecule has 2 heterocycles. The molecule has 3 aliphatic rings. The normalized spacial score (nSPS) is 18.6. The topological polar surface area (TPSA) is 69.7 Å². The summed E-state index contributed by atoms with van der Waals surface area (Å²) in [6, 6.07) is 15.1. The van der Waals surface area contributed by atoms with Crippen molar-refractivity contribution >= 4 is 29.1 Å². The van der Waals surface area contributed by atoms with E-state index in [1.165, 1.54) is 5.56 Å². The van der Waals surface area contributed by atoms with Gasteiger partial charge in [-0.15, -0.1) is 0 Å². The molecule has 0 spiro atoms. The molecule has 160 valence electrons. The molecule has 0 radical (unpaired) electrons. The number of benzene rings is 2. The number of para-hydroxylation sites is 1. The minimum Gasteiger partial charge on any atom is -0.342 e. The fraction of sp³-hybridized carbons (Fsp3) is 0.400. The quantitative estimate of drug-likeness (QED) is 0.828. The molecule has 31 heavy (non-hydrogen) atoms. The fourth-order valence-corrected chi connectivity index (χ4v) is 4.60. The number of hydrogen-bond acceptors (Lipinski definition) is 3. The van der Waals surface area contributed by atoms with Crippen molar-refractivity contribution in [3.8, 4) is 0 Å². The smallest absolute Gasteiger partial charge is 0.258 e. The Balaban J connectivity index is 1.17. The van der Waals surface area contributed by atoms with E-state index < -0.39 is 0 Å². The molecule has 1 saturated carbocycles. The second-order valence-electron chi connectivity index (χ2n) is 8.78. The third-order valence-electron chi connectivity index (χ3n) is 6.64. The zero-order valence-corrected chi connectivity index (χ0v) is 17.5. The van der Waals surface area contributed by atoms with Crippen LogP contribution in [0.4, 0.5) is 11.4 Å². The third kappa shape index (κ3) is 4.07. The zero-order chi connectivity index (χ0) is 21.4. The number of amides is 3. The lowest BCUT2D eigenvalue weighted by Crippen LogP contribution is -2.42. The highest BCUT2D eigenvalue weighted by atomic mass is 16.2. The summed E-state index contributed by atoms with van der Waals surface area (Å²) in [6.07, 6.45) is 4.32. The largest absolute Gasteiger partial charge is 0.342 e. The molecule has 0 aromatic heterocycles. The summed E-state index contributed by atoms with van der Waals surface area (Å²) in [4.78, 5) is 41.5. The molecule has 1 saturated heterocycles. The Bertz CT molecular complexity index is 1000. The van der Waals surface area contributed by atoms with E-state index >= 15 is 0 Å².